The predicted molar refractivity (Wildman–Crippen MR) is 94.5 cm³/mol. The van der Waals surface area contributed by atoms with Gasteiger partial charge in [-0.1, -0.05) is 23.9 Å². The molecule has 1 aliphatic rings. The van der Waals surface area contributed by atoms with Crippen LogP contribution in [0.15, 0.2) is 34.2 Å². The highest BCUT2D eigenvalue weighted by atomic mass is 32.2. The molecule has 1 fully saturated rings. The summed E-state index contributed by atoms with van der Waals surface area (Å²) in [6.07, 6.45) is 1.98. The van der Waals surface area contributed by atoms with Gasteiger partial charge in [0.2, 0.25) is 5.91 Å². The first-order valence-corrected chi connectivity index (χ1v) is 8.94. The SMILES string of the molecule is COCCNC(=O)C(C)Sc1nc2ccccc2c(=O)n1C1CC1. The highest BCUT2D eigenvalue weighted by molar-refractivity contribution is 8.00. The molecule has 128 valence electrons. The Bertz CT molecular complexity index is 801. The summed E-state index contributed by atoms with van der Waals surface area (Å²) in [6.45, 7) is 2.77. The van der Waals surface area contributed by atoms with E-state index in [9.17, 15) is 9.59 Å². The van der Waals surface area contributed by atoms with E-state index in [1.165, 1.54) is 11.8 Å². The van der Waals surface area contributed by atoms with Crippen LogP contribution in [0.5, 0.6) is 0 Å². The Kier molecular flexibility index (Phi) is 5.20. The van der Waals surface area contributed by atoms with E-state index in [2.05, 4.69) is 10.3 Å². The fourth-order valence-corrected chi connectivity index (χ4v) is 3.50. The molecule has 1 aliphatic carbocycles. The minimum Gasteiger partial charge on any atom is -0.383 e. The van der Waals surface area contributed by atoms with Gasteiger partial charge in [0.1, 0.15) is 0 Å². The maximum atomic E-state index is 12.8. The number of methoxy groups -OCH3 is 1. The van der Waals surface area contributed by atoms with Crippen LogP contribution in [0, 0.1) is 0 Å². The van der Waals surface area contributed by atoms with Crippen LogP contribution >= 0.6 is 11.8 Å². The number of nitrogens with zero attached hydrogens (tertiary/aromatic N) is 2. The van der Waals surface area contributed by atoms with E-state index in [0.29, 0.717) is 29.2 Å². The highest BCUT2D eigenvalue weighted by Gasteiger charge is 2.29. The fourth-order valence-electron chi connectivity index (χ4n) is 2.50. The molecule has 1 saturated carbocycles. The average molecular weight is 347 g/mol. The number of rotatable bonds is 7. The van der Waals surface area contributed by atoms with Gasteiger partial charge < -0.3 is 10.1 Å². The Morgan fingerprint density at radius 3 is 2.92 bits per heavy atom. The van der Waals surface area contributed by atoms with Crippen LogP contribution in [0.25, 0.3) is 10.9 Å². The van der Waals surface area contributed by atoms with Crippen LogP contribution in [0.1, 0.15) is 25.8 Å². The van der Waals surface area contributed by atoms with Gasteiger partial charge in [0, 0.05) is 19.7 Å². The number of thioether (sulfide) groups is 1. The number of carbonyl (C=O) groups is 1. The molecule has 0 bridgehead atoms. The molecule has 1 unspecified atom stereocenters. The van der Waals surface area contributed by atoms with Crippen molar-refractivity contribution in [2.24, 2.45) is 0 Å². The predicted octanol–water partition coefficient (Wildman–Crippen LogP) is 1.97. The molecule has 6 nitrogen and oxygen atoms in total. The zero-order valence-corrected chi connectivity index (χ0v) is 14.6. The van der Waals surface area contributed by atoms with E-state index in [1.807, 2.05) is 25.1 Å². The van der Waals surface area contributed by atoms with Gasteiger partial charge in [0.25, 0.3) is 5.56 Å². The van der Waals surface area contributed by atoms with E-state index in [1.54, 1.807) is 17.7 Å². The molecule has 0 radical (unpaired) electrons. The van der Waals surface area contributed by atoms with Crippen LogP contribution < -0.4 is 10.9 Å². The van der Waals surface area contributed by atoms with Crippen molar-refractivity contribution in [3.63, 3.8) is 0 Å². The summed E-state index contributed by atoms with van der Waals surface area (Å²) in [7, 11) is 1.59. The fraction of sp³-hybridized carbons (Fsp3) is 0.471. The summed E-state index contributed by atoms with van der Waals surface area (Å²) in [6, 6.07) is 7.56. The van der Waals surface area contributed by atoms with Crippen molar-refractivity contribution in [2.45, 2.75) is 36.2 Å². The van der Waals surface area contributed by atoms with Gasteiger partial charge in [-0.3, -0.25) is 14.2 Å². The summed E-state index contributed by atoms with van der Waals surface area (Å²) >= 11 is 1.33. The number of hydrogen-bond donors (Lipinski definition) is 1. The third kappa shape index (κ3) is 3.62. The van der Waals surface area contributed by atoms with Crippen LogP contribution in [0.4, 0.5) is 0 Å². The molecule has 1 N–H and O–H groups in total. The van der Waals surface area contributed by atoms with Crippen molar-refractivity contribution >= 4 is 28.6 Å². The van der Waals surface area contributed by atoms with E-state index in [0.717, 1.165) is 12.8 Å². The van der Waals surface area contributed by atoms with Gasteiger partial charge in [-0.25, -0.2) is 4.98 Å². The minimum absolute atomic E-state index is 0.0161. The van der Waals surface area contributed by atoms with E-state index >= 15 is 0 Å². The molecule has 2 aromatic rings. The Morgan fingerprint density at radius 2 is 2.21 bits per heavy atom. The second-order valence-corrected chi connectivity index (χ2v) is 7.17. The lowest BCUT2D eigenvalue weighted by Crippen LogP contribution is -2.34. The molecular weight excluding hydrogens is 326 g/mol. The third-order valence-electron chi connectivity index (χ3n) is 3.94. The van der Waals surface area contributed by atoms with E-state index in [-0.39, 0.29) is 22.8 Å². The second-order valence-electron chi connectivity index (χ2n) is 5.86. The number of benzene rings is 1. The molecule has 0 saturated heterocycles. The molecule has 1 atom stereocenters. The lowest BCUT2D eigenvalue weighted by molar-refractivity contribution is -0.120. The van der Waals surface area contributed by atoms with E-state index in [4.69, 9.17) is 4.74 Å². The van der Waals surface area contributed by atoms with Crippen LogP contribution in [0.3, 0.4) is 0 Å². The number of amides is 1. The summed E-state index contributed by atoms with van der Waals surface area (Å²) in [5, 5.41) is 3.74. The molecule has 3 rings (SSSR count). The zero-order chi connectivity index (χ0) is 17.1. The first-order valence-electron chi connectivity index (χ1n) is 8.06. The molecule has 0 spiro atoms. The number of ether oxygens (including phenoxy) is 1. The molecule has 0 aliphatic heterocycles. The Hall–Kier alpha value is -1.86. The van der Waals surface area contributed by atoms with Crippen molar-refractivity contribution in [1.82, 2.24) is 14.9 Å². The normalized spacial score (nSPS) is 15.4. The third-order valence-corrected chi connectivity index (χ3v) is 5.01. The van der Waals surface area contributed by atoms with Crippen LogP contribution in [-0.4, -0.2) is 41.0 Å². The second kappa shape index (κ2) is 7.36. The summed E-state index contributed by atoms with van der Waals surface area (Å²) in [5.41, 5.74) is 0.659. The van der Waals surface area contributed by atoms with Gasteiger partial charge >= 0.3 is 0 Å². The highest BCUT2D eigenvalue weighted by Crippen LogP contribution is 2.37. The Morgan fingerprint density at radius 1 is 1.46 bits per heavy atom. The van der Waals surface area contributed by atoms with Crippen LogP contribution in [-0.2, 0) is 9.53 Å². The maximum absolute atomic E-state index is 12.8. The molecule has 1 aromatic carbocycles. The first-order chi connectivity index (χ1) is 11.6. The number of hydrogen-bond acceptors (Lipinski definition) is 5. The standard InChI is InChI=1S/C17H21N3O3S/c1-11(15(21)18-9-10-23-2)24-17-19-14-6-4-3-5-13(14)16(22)20(17)12-7-8-12/h3-6,11-12H,7-10H2,1-2H3,(H,18,21). The van der Waals surface area contributed by atoms with Crippen molar-refractivity contribution in [3.05, 3.63) is 34.6 Å². The molecule has 24 heavy (non-hydrogen) atoms. The van der Waals surface area contributed by atoms with E-state index < -0.39 is 0 Å². The number of aromatic nitrogens is 2. The lowest BCUT2D eigenvalue weighted by Gasteiger charge is -2.16. The quantitative estimate of drug-likeness (QED) is 0.471. The number of fused-ring (bicyclic) bond motifs is 1. The molecule has 1 aromatic heterocycles. The first kappa shape index (κ1) is 17.0. The number of para-hydroxylation sites is 1. The van der Waals surface area contributed by atoms with Gasteiger partial charge in [-0.2, -0.15) is 0 Å². The Labute approximate surface area is 144 Å². The van der Waals surface area contributed by atoms with Gasteiger partial charge in [-0.15, -0.1) is 0 Å². The van der Waals surface area contributed by atoms with Gasteiger partial charge in [-0.05, 0) is 31.9 Å². The lowest BCUT2D eigenvalue weighted by atomic mass is 10.2. The number of nitrogens with one attached hydrogen (secondary N) is 1. The van der Waals surface area contributed by atoms with Crippen molar-refractivity contribution in [3.8, 4) is 0 Å². The van der Waals surface area contributed by atoms with Crippen molar-refractivity contribution in [1.29, 1.82) is 0 Å². The molecule has 1 amide bonds. The molecular formula is C17H21N3O3S. The largest absolute Gasteiger partial charge is 0.383 e. The monoisotopic (exact) mass is 347 g/mol. The average Bonchev–Trinajstić information content (AvgIpc) is 3.40. The number of carbonyl (C=O) groups excluding carboxylic acids is 1. The molecule has 7 heteroatoms. The summed E-state index contributed by atoms with van der Waals surface area (Å²) in [5.74, 6) is -0.0817. The van der Waals surface area contributed by atoms with Crippen molar-refractivity contribution < 1.29 is 9.53 Å². The van der Waals surface area contributed by atoms with Crippen LogP contribution in [0.2, 0.25) is 0 Å². The van der Waals surface area contributed by atoms with Crippen molar-refractivity contribution in [2.75, 3.05) is 20.3 Å². The van der Waals surface area contributed by atoms with Gasteiger partial charge in [0.15, 0.2) is 5.16 Å². The zero-order valence-electron chi connectivity index (χ0n) is 13.8. The summed E-state index contributed by atoms with van der Waals surface area (Å²) < 4.78 is 6.69. The smallest absolute Gasteiger partial charge is 0.262 e. The van der Waals surface area contributed by atoms with Gasteiger partial charge in [0.05, 0.1) is 22.8 Å². The molecule has 1 heterocycles. The maximum Gasteiger partial charge on any atom is 0.262 e. The summed E-state index contributed by atoms with van der Waals surface area (Å²) in [4.78, 5) is 29.6. The minimum atomic E-state index is -0.333. The Balaban J connectivity index is 1.87. The topological polar surface area (TPSA) is 73.2 Å².